The number of nitrogens with zero attached hydrogens (tertiary/aromatic N) is 4. The number of pyridine rings is 2. The minimum atomic E-state index is 0.150. The monoisotopic (exact) mass is 758 g/mol. The zero-order chi connectivity index (χ0) is 40.1. The quantitative estimate of drug-likeness (QED) is 0.114. The van der Waals surface area contributed by atoms with Gasteiger partial charge in [-0.1, -0.05) is 183 Å². The normalized spacial score (nSPS) is 11.5. The molecule has 0 atom stereocenters. The van der Waals surface area contributed by atoms with Crippen molar-refractivity contribution in [2.24, 2.45) is 0 Å². The molecule has 4 aromatic heterocycles. The van der Waals surface area contributed by atoms with Crippen LogP contribution in [0.25, 0.3) is 77.6 Å². The zero-order valence-corrected chi connectivity index (χ0v) is 33.3. The Morgan fingerprint density at radius 1 is 0.492 bits per heavy atom. The second kappa shape index (κ2) is 16.5. The first-order valence-electron chi connectivity index (χ1n) is 20.2. The highest BCUT2D eigenvalue weighted by Crippen LogP contribution is 2.41. The minimum Gasteiger partial charge on any atom is -0.307 e. The Bertz CT molecular complexity index is 3150. The van der Waals surface area contributed by atoms with Gasteiger partial charge in [-0.15, -0.1) is 0 Å². The van der Waals surface area contributed by atoms with Crippen LogP contribution < -0.4 is 11.1 Å². The number of rotatable bonds is 8. The fraction of sp³-hybridized carbons (Fsp3) is 0.0370. The predicted octanol–water partition coefficient (Wildman–Crippen LogP) is 12.5. The van der Waals surface area contributed by atoms with Gasteiger partial charge in [0, 0.05) is 44.0 Å². The number of hydrogen-bond donors (Lipinski definition) is 0. The number of allylic oxidation sites excluding steroid dienone is 5. The summed E-state index contributed by atoms with van der Waals surface area (Å²) in [5.74, 6) is 0.909. The largest absolute Gasteiger partial charge is 0.307 e. The number of hydrogen-bond acceptors (Lipinski definition) is 2. The summed E-state index contributed by atoms with van der Waals surface area (Å²) in [5, 5.41) is 4.82. The van der Waals surface area contributed by atoms with Gasteiger partial charge in [0.1, 0.15) is 5.82 Å². The molecule has 0 bridgehead atoms. The molecule has 0 saturated carbocycles. The molecule has 6 aromatic carbocycles. The van der Waals surface area contributed by atoms with Crippen LogP contribution in [0.1, 0.15) is 6.92 Å². The molecule has 4 nitrogen and oxygen atoms in total. The van der Waals surface area contributed by atoms with Crippen molar-refractivity contribution in [3.8, 4) is 34.0 Å². The first-order valence-corrected chi connectivity index (χ1v) is 20.2. The summed E-state index contributed by atoms with van der Waals surface area (Å²) in [6.45, 7) is 7.88. The lowest BCUT2D eigenvalue weighted by atomic mass is 9.44. The SMILES string of the molecule is C=C/C=C\C=C/C.CB(c1ccccc1)c1cccc(-n2c3ccccc3c3ccc4c5ccccc5n(-c5cccc(-c6cccc(-c7ccccc7)n6)c5)c4c32)n1. The van der Waals surface area contributed by atoms with Crippen LogP contribution in [0.3, 0.4) is 0 Å². The topological polar surface area (TPSA) is 35.6 Å². The summed E-state index contributed by atoms with van der Waals surface area (Å²) in [4.78, 5) is 10.5. The third kappa shape index (κ3) is 7.08. The first-order chi connectivity index (χ1) is 29.1. The van der Waals surface area contributed by atoms with Crippen LogP contribution in [-0.4, -0.2) is 25.8 Å². The Kier molecular flexibility index (Phi) is 10.4. The van der Waals surface area contributed by atoms with Gasteiger partial charge in [0.15, 0.2) is 0 Å². The average Bonchev–Trinajstić information content (AvgIpc) is 3.83. The summed E-state index contributed by atoms with van der Waals surface area (Å²) in [5.41, 5.74) is 12.0. The van der Waals surface area contributed by atoms with Crippen LogP contribution in [0.5, 0.6) is 0 Å². The molecule has 10 rings (SSSR count). The van der Waals surface area contributed by atoms with Crippen molar-refractivity contribution in [3.63, 3.8) is 0 Å². The second-order valence-corrected chi connectivity index (χ2v) is 14.6. The molecule has 0 aliphatic heterocycles. The smallest absolute Gasteiger partial charge is 0.230 e. The Morgan fingerprint density at radius 3 is 1.76 bits per heavy atom. The van der Waals surface area contributed by atoms with E-state index in [0.717, 1.165) is 61.7 Å². The molecule has 10 aromatic rings. The molecular formula is C54H43BN4. The molecule has 0 aliphatic rings. The molecule has 0 fully saturated rings. The third-order valence-electron chi connectivity index (χ3n) is 11.0. The molecular weight excluding hydrogens is 715 g/mol. The first kappa shape index (κ1) is 37.1. The van der Waals surface area contributed by atoms with Gasteiger partial charge in [0.2, 0.25) is 6.71 Å². The van der Waals surface area contributed by atoms with Crippen molar-refractivity contribution in [2.45, 2.75) is 13.7 Å². The molecule has 282 valence electrons. The van der Waals surface area contributed by atoms with Gasteiger partial charge in [-0.2, -0.15) is 0 Å². The van der Waals surface area contributed by atoms with E-state index in [1.165, 1.54) is 27.0 Å². The summed E-state index contributed by atoms with van der Waals surface area (Å²) < 4.78 is 4.81. The van der Waals surface area contributed by atoms with Crippen molar-refractivity contribution >= 4 is 61.4 Å². The number of aromatic nitrogens is 4. The summed E-state index contributed by atoms with van der Waals surface area (Å²) in [6, 6.07) is 64.5. The zero-order valence-electron chi connectivity index (χ0n) is 33.3. The van der Waals surface area contributed by atoms with E-state index in [2.05, 4.69) is 198 Å². The highest BCUT2D eigenvalue weighted by molar-refractivity contribution is 6.83. The Balaban J connectivity index is 0.000000592. The molecule has 59 heavy (non-hydrogen) atoms. The lowest BCUT2D eigenvalue weighted by Crippen LogP contribution is -2.41. The molecule has 0 unspecified atom stereocenters. The van der Waals surface area contributed by atoms with Crippen LogP contribution in [0.2, 0.25) is 6.82 Å². The van der Waals surface area contributed by atoms with Crippen LogP contribution in [-0.2, 0) is 0 Å². The van der Waals surface area contributed by atoms with Gasteiger partial charge in [-0.25, -0.2) is 9.97 Å². The minimum absolute atomic E-state index is 0.150. The van der Waals surface area contributed by atoms with Crippen molar-refractivity contribution in [3.05, 3.63) is 219 Å². The fourth-order valence-electron chi connectivity index (χ4n) is 8.15. The molecule has 0 spiro atoms. The molecule has 5 heteroatoms. The van der Waals surface area contributed by atoms with Crippen molar-refractivity contribution < 1.29 is 0 Å². The lowest BCUT2D eigenvalue weighted by Gasteiger charge is -2.15. The van der Waals surface area contributed by atoms with Gasteiger partial charge in [-0.05, 0) is 55.5 Å². The van der Waals surface area contributed by atoms with E-state index in [4.69, 9.17) is 9.97 Å². The van der Waals surface area contributed by atoms with Crippen LogP contribution in [0.15, 0.2) is 219 Å². The Labute approximate surface area is 345 Å². The Morgan fingerprint density at radius 2 is 1.07 bits per heavy atom. The number of fused-ring (bicyclic) bond motifs is 7. The van der Waals surface area contributed by atoms with Gasteiger partial charge in [-0.3, -0.25) is 4.57 Å². The highest BCUT2D eigenvalue weighted by Gasteiger charge is 2.23. The molecule has 0 amide bonds. The highest BCUT2D eigenvalue weighted by atomic mass is 15.1. The standard InChI is InChI=1S/C47H33BN4.C7H10/c1-48(34-18-6-3-7-19-34)44-27-14-28-45(50-44)52-43-26-11-9-22-37(43)39-30-29-38-36-21-8-10-25-42(36)51(46(38)47(39)52)35-20-12-17-33(31-35)41-24-13-23-40(49-41)32-15-4-2-5-16-32;1-3-5-7-6-4-2/h2-31H,1H3;3-7H,1H2,2H3/b;6-4-,7-5-. The van der Waals surface area contributed by atoms with E-state index in [-0.39, 0.29) is 6.71 Å². The van der Waals surface area contributed by atoms with Crippen molar-refractivity contribution in [2.75, 3.05) is 0 Å². The fourth-order valence-corrected chi connectivity index (χ4v) is 8.15. The van der Waals surface area contributed by atoms with Gasteiger partial charge in [0.25, 0.3) is 0 Å². The van der Waals surface area contributed by atoms with Crippen LogP contribution >= 0.6 is 0 Å². The van der Waals surface area contributed by atoms with E-state index in [9.17, 15) is 0 Å². The summed E-state index contributed by atoms with van der Waals surface area (Å²) in [6.07, 6.45) is 9.51. The molecule has 4 heterocycles. The third-order valence-corrected chi connectivity index (χ3v) is 11.0. The lowest BCUT2D eigenvalue weighted by molar-refractivity contribution is 1.09. The number of benzene rings is 6. The molecule has 0 radical (unpaired) electrons. The van der Waals surface area contributed by atoms with Crippen molar-refractivity contribution in [1.82, 2.24) is 19.1 Å². The van der Waals surface area contributed by atoms with E-state index in [1.807, 2.05) is 37.3 Å². The average molecular weight is 759 g/mol. The van der Waals surface area contributed by atoms with Gasteiger partial charge < -0.3 is 4.57 Å². The Hall–Kier alpha value is -7.50. The van der Waals surface area contributed by atoms with E-state index in [1.54, 1.807) is 6.08 Å². The van der Waals surface area contributed by atoms with Gasteiger partial charge >= 0.3 is 0 Å². The van der Waals surface area contributed by atoms with E-state index >= 15 is 0 Å². The maximum Gasteiger partial charge on any atom is 0.230 e. The number of para-hydroxylation sites is 2. The summed E-state index contributed by atoms with van der Waals surface area (Å²) in [7, 11) is 0. The van der Waals surface area contributed by atoms with Gasteiger partial charge in [0.05, 0.1) is 33.5 Å². The maximum atomic E-state index is 5.39. The van der Waals surface area contributed by atoms with Crippen LogP contribution in [0.4, 0.5) is 0 Å². The molecule has 0 aliphatic carbocycles. The van der Waals surface area contributed by atoms with E-state index in [0.29, 0.717) is 0 Å². The summed E-state index contributed by atoms with van der Waals surface area (Å²) >= 11 is 0. The predicted molar refractivity (Wildman–Crippen MR) is 253 cm³/mol. The van der Waals surface area contributed by atoms with E-state index < -0.39 is 0 Å². The molecule has 0 N–H and O–H groups in total. The van der Waals surface area contributed by atoms with Crippen LogP contribution in [0, 0.1) is 0 Å². The maximum absolute atomic E-state index is 5.39. The second-order valence-electron chi connectivity index (χ2n) is 14.6. The molecule has 0 saturated heterocycles. The van der Waals surface area contributed by atoms with Crippen molar-refractivity contribution in [1.29, 1.82) is 0 Å².